The third kappa shape index (κ3) is 3.99. The van der Waals surface area contributed by atoms with Crippen LogP contribution in [0.4, 0.5) is 0 Å². The number of hydrogen-bond donors (Lipinski definition) is 0. The molecule has 29 heavy (non-hydrogen) atoms. The third-order valence-corrected chi connectivity index (χ3v) is 9.82. The highest BCUT2D eigenvalue weighted by atomic mass is 31.2. The van der Waals surface area contributed by atoms with E-state index in [2.05, 4.69) is 72.8 Å². The summed E-state index contributed by atoms with van der Waals surface area (Å²) in [6.07, 6.45) is 0.927. The zero-order valence-electron chi connectivity index (χ0n) is 16.8. The maximum Gasteiger partial charge on any atom is 0.338 e. The minimum atomic E-state index is -1.96. The Bertz CT molecular complexity index is 858. The molecule has 1 aliphatic heterocycles. The lowest BCUT2D eigenvalue weighted by Crippen LogP contribution is -2.35. The predicted octanol–water partition coefficient (Wildman–Crippen LogP) is 4.05. The second-order valence-corrected chi connectivity index (χ2v) is 11.4. The number of hydrogen-bond acceptors (Lipinski definition) is 3. The van der Waals surface area contributed by atoms with E-state index in [0.717, 1.165) is 6.16 Å². The zero-order chi connectivity index (χ0) is 20.3. The third-order valence-electron chi connectivity index (χ3n) is 5.35. The second kappa shape index (κ2) is 8.10. The highest BCUT2D eigenvalue weighted by Gasteiger charge is 2.48. The van der Waals surface area contributed by atoms with E-state index < -0.39 is 19.2 Å². The quantitative estimate of drug-likeness (QED) is 0.459. The van der Waals surface area contributed by atoms with Crippen LogP contribution in [0.1, 0.15) is 20.3 Å². The van der Waals surface area contributed by atoms with Gasteiger partial charge >= 0.3 is 5.97 Å². The van der Waals surface area contributed by atoms with Gasteiger partial charge in [0.05, 0.1) is 6.16 Å². The van der Waals surface area contributed by atoms with E-state index in [1.165, 1.54) is 15.9 Å². The SMILES string of the molecule is CC1(C)OC(=O)[C@@H](CC[P+](c2ccccc2)(c2ccccc2)c2ccccc2)O1. The van der Waals surface area contributed by atoms with Crippen molar-refractivity contribution >= 4 is 29.1 Å². The summed E-state index contributed by atoms with van der Waals surface area (Å²) >= 11 is 0. The highest BCUT2D eigenvalue weighted by Crippen LogP contribution is 2.56. The number of ether oxygens (including phenoxy) is 2. The van der Waals surface area contributed by atoms with Gasteiger partial charge in [0.25, 0.3) is 0 Å². The van der Waals surface area contributed by atoms with Crippen molar-refractivity contribution < 1.29 is 14.3 Å². The number of esters is 1. The van der Waals surface area contributed by atoms with Crippen LogP contribution in [-0.4, -0.2) is 24.0 Å². The molecule has 3 nitrogen and oxygen atoms in total. The molecule has 0 unspecified atom stereocenters. The van der Waals surface area contributed by atoms with Crippen molar-refractivity contribution in [3.8, 4) is 0 Å². The van der Waals surface area contributed by atoms with Gasteiger partial charge in [0.15, 0.2) is 6.10 Å². The van der Waals surface area contributed by atoms with Crippen molar-refractivity contribution in [2.75, 3.05) is 6.16 Å². The van der Waals surface area contributed by atoms with Crippen LogP contribution in [0.25, 0.3) is 0 Å². The van der Waals surface area contributed by atoms with Crippen LogP contribution in [-0.2, 0) is 14.3 Å². The number of rotatable bonds is 6. The molecule has 0 aromatic heterocycles. The van der Waals surface area contributed by atoms with Gasteiger partial charge in [-0.15, -0.1) is 0 Å². The monoisotopic (exact) mass is 405 g/mol. The van der Waals surface area contributed by atoms with E-state index in [1.807, 2.05) is 18.2 Å². The van der Waals surface area contributed by atoms with Gasteiger partial charge in [-0.05, 0) is 36.4 Å². The van der Waals surface area contributed by atoms with Crippen LogP contribution in [0.15, 0.2) is 91.0 Å². The molecule has 4 rings (SSSR count). The summed E-state index contributed by atoms with van der Waals surface area (Å²) < 4.78 is 11.3. The first kappa shape index (κ1) is 19.8. The first-order valence-electron chi connectivity index (χ1n) is 9.97. The molecule has 148 valence electrons. The fourth-order valence-electron chi connectivity index (χ4n) is 4.09. The molecule has 0 radical (unpaired) electrons. The van der Waals surface area contributed by atoms with E-state index in [4.69, 9.17) is 9.47 Å². The lowest BCUT2D eigenvalue weighted by atomic mass is 10.3. The average molecular weight is 405 g/mol. The van der Waals surface area contributed by atoms with Gasteiger partial charge in [-0.1, -0.05) is 54.6 Å². The number of carbonyl (C=O) groups excluding carboxylic acids is 1. The van der Waals surface area contributed by atoms with Crippen molar-refractivity contribution in [1.29, 1.82) is 0 Å². The van der Waals surface area contributed by atoms with E-state index in [0.29, 0.717) is 6.42 Å². The van der Waals surface area contributed by atoms with E-state index in [1.54, 1.807) is 13.8 Å². The van der Waals surface area contributed by atoms with Crippen LogP contribution >= 0.6 is 7.26 Å². The molecule has 1 heterocycles. The van der Waals surface area contributed by atoms with E-state index in [9.17, 15) is 4.79 Å². The van der Waals surface area contributed by atoms with Gasteiger partial charge in [-0.25, -0.2) is 4.79 Å². The first-order chi connectivity index (χ1) is 14.0. The molecule has 1 atom stereocenters. The van der Waals surface area contributed by atoms with E-state index in [-0.39, 0.29) is 5.97 Å². The lowest BCUT2D eigenvalue weighted by Gasteiger charge is -2.28. The van der Waals surface area contributed by atoms with Crippen LogP contribution in [0, 0.1) is 0 Å². The fourth-order valence-corrected chi connectivity index (χ4v) is 8.43. The molecule has 1 saturated heterocycles. The van der Waals surface area contributed by atoms with Crippen molar-refractivity contribution in [2.24, 2.45) is 0 Å². The van der Waals surface area contributed by atoms with Crippen molar-refractivity contribution in [2.45, 2.75) is 32.2 Å². The molecular weight excluding hydrogens is 379 g/mol. The standard InChI is InChI=1S/C25H26O3P/c1-25(2)27-23(24(26)28-25)18-19-29(20-12-6-3-7-13-20,21-14-8-4-9-15-21)22-16-10-5-11-17-22/h3-17,23H,18-19H2,1-2H3/q+1/t23-/m1/s1. The lowest BCUT2D eigenvalue weighted by molar-refractivity contribution is -0.160. The van der Waals surface area contributed by atoms with Crippen LogP contribution in [0.5, 0.6) is 0 Å². The molecule has 0 N–H and O–H groups in total. The largest absolute Gasteiger partial charge is 0.432 e. The van der Waals surface area contributed by atoms with Gasteiger partial charge in [0.2, 0.25) is 5.79 Å². The Morgan fingerprint density at radius 3 is 1.52 bits per heavy atom. The summed E-state index contributed by atoms with van der Waals surface area (Å²) in [6, 6.07) is 32.0. The summed E-state index contributed by atoms with van der Waals surface area (Å²) in [5.41, 5.74) is 0. The molecule has 3 aromatic rings. The van der Waals surface area contributed by atoms with Crippen molar-refractivity contribution in [1.82, 2.24) is 0 Å². The minimum absolute atomic E-state index is 0.262. The van der Waals surface area contributed by atoms with Gasteiger partial charge in [0.1, 0.15) is 23.2 Å². The maximum atomic E-state index is 12.4. The van der Waals surface area contributed by atoms with Crippen molar-refractivity contribution in [3.05, 3.63) is 91.0 Å². The minimum Gasteiger partial charge on any atom is -0.432 e. The Labute approximate surface area is 173 Å². The zero-order valence-corrected chi connectivity index (χ0v) is 17.7. The highest BCUT2D eigenvalue weighted by molar-refractivity contribution is 7.95. The molecule has 0 spiro atoms. The molecule has 0 aliphatic carbocycles. The second-order valence-electron chi connectivity index (χ2n) is 7.76. The van der Waals surface area contributed by atoms with Crippen LogP contribution in [0.2, 0.25) is 0 Å². The predicted molar refractivity (Wildman–Crippen MR) is 120 cm³/mol. The first-order valence-corrected chi connectivity index (χ1v) is 11.9. The topological polar surface area (TPSA) is 35.5 Å². The molecule has 4 heteroatoms. The number of benzene rings is 3. The van der Waals surface area contributed by atoms with E-state index >= 15 is 0 Å². The molecule has 0 bridgehead atoms. The summed E-state index contributed by atoms with van der Waals surface area (Å²) in [5.74, 6) is -1.11. The molecule has 0 saturated carbocycles. The van der Waals surface area contributed by atoms with Gasteiger partial charge in [0, 0.05) is 20.3 Å². The number of cyclic esters (lactones) is 1. The smallest absolute Gasteiger partial charge is 0.338 e. The van der Waals surface area contributed by atoms with Gasteiger partial charge in [-0.3, -0.25) is 0 Å². The molecule has 1 fully saturated rings. The maximum absolute atomic E-state index is 12.4. The van der Waals surface area contributed by atoms with Crippen LogP contribution in [0.3, 0.4) is 0 Å². The molecule has 0 amide bonds. The Kier molecular flexibility index (Phi) is 5.54. The Balaban J connectivity index is 1.81. The normalized spacial score (nSPS) is 18.4. The summed E-state index contributed by atoms with van der Waals surface area (Å²) in [7, 11) is -1.96. The molecule has 3 aromatic carbocycles. The fraction of sp³-hybridized carbons (Fsp3) is 0.240. The summed E-state index contributed by atoms with van der Waals surface area (Å²) in [5, 5.41) is 3.93. The summed E-state index contributed by atoms with van der Waals surface area (Å²) in [4.78, 5) is 12.4. The Morgan fingerprint density at radius 1 is 0.759 bits per heavy atom. The van der Waals surface area contributed by atoms with Crippen molar-refractivity contribution in [3.63, 3.8) is 0 Å². The number of carbonyl (C=O) groups is 1. The average Bonchev–Trinajstić information content (AvgIpc) is 3.02. The van der Waals surface area contributed by atoms with Gasteiger partial charge in [-0.2, -0.15) is 0 Å². The van der Waals surface area contributed by atoms with Crippen LogP contribution < -0.4 is 15.9 Å². The van der Waals surface area contributed by atoms with Gasteiger partial charge < -0.3 is 9.47 Å². The molecule has 1 aliphatic rings. The Hall–Kier alpha value is -2.48. The molecular formula is C25H26O3P+. The Morgan fingerprint density at radius 2 is 1.17 bits per heavy atom. The summed E-state index contributed by atoms with van der Waals surface area (Å²) in [6.45, 7) is 3.58.